The molecule has 4 heteroatoms. The lowest BCUT2D eigenvalue weighted by Gasteiger charge is -2.24. The first-order valence-electron chi connectivity index (χ1n) is 6.38. The van der Waals surface area contributed by atoms with E-state index in [0.29, 0.717) is 5.56 Å². The van der Waals surface area contributed by atoms with Gasteiger partial charge in [-0.15, -0.1) is 0 Å². The summed E-state index contributed by atoms with van der Waals surface area (Å²) >= 11 is 0. The molecular weight excluding hydrogens is 254 g/mol. The molecule has 1 amide bonds. The van der Waals surface area contributed by atoms with Crippen molar-refractivity contribution in [3.63, 3.8) is 0 Å². The van der Waals surface area contributed by atoms with Gasteiger partial charge in [-0.05, 0) is 23.8 Å². The fraction of sp³-hybridized carbons (Fsp3) is 0.125. The highest BCUT2D eigenvalue weighted by molar-refractivity contribution is 6.11. The predicted molar refractivity (Wildman–Crippen MR) is 74.7 cm³/mol. The normalized spacial score (nSPS) is 17.1. The van der Waals surface area contributed by atoms with Crippen LogP contribution in [0.5, 0.6) is 0 Å². The zero-order valence-corrected chi connectivity index (χ0v) is 10.7. The van der Waals surface area contributed by atoms with Crippen LogP contribution < -0.4 is 4.90 Å². The molecule has 2 aromatic carbocycles. The highest BCUT2D eigenvalue weighted by atomic mass is 16.4. The van der Waals surface area contributed by atoms with Crippen molar-refractivity contribution in [2.24, 2.45) is 0 Å². The van der Waals surface area contributed by atoms with Crippen molar-refractivity contribution in [1.29, 1.82) is 0 Å². The van der Waals surface area contributed by atoms with Gasteiger partial charge in [-0.3, -0.25) is 9.59 Å². The van der Waals surface area contributed by atoms with Crippen LogP contribution in [-0.4, -0.2) is 17.0 Å². The summed E-state index contributed by atoms with van der Waals surface area (Å²) in [4.78, 5) is 25.2. The molecule has 20 heavy (non-hydrogen) atoms. The summed E-state index contributed by atoms with van der Waals surface area (Å²) in [7, 11) is 0. The number of rotatable bonds is 3. The summed E-state index contributed by atoms with van der Waals surface area (Å²) < 4.78 is 0. The first-order chi connectivity index (χ1) is 9.68. The van der Waals surface area contributed by atoms with Gasteiger partial charge in [0.25, 0.3) is 5.91 Å². The quantitative estimate of drug-likeness (QED) is 0.930. The number of fused-ring (bicyclic) bond motifs is 1. The van der Waals surface area contributed by atoms with Gasteiger partial charge in [0.1, 0.15) is 0 Å². The van der Waals surface area contributed by atoms with Crippen molar-refractivity contribution >= 4 is 17.6 Å². The van der Waals surface area contributed by atoms with Gasteiger partial charge in [0.05, 0.1) is 12.5 Å². The smallest absolute Gasteiger partial charge is 0.305 e. The lowest BCUT2D eigenvalue weighted by Crippen LogP contribution is -2.29. The van der Waals surface area contributed by atoms with Gasteiger partial charge in [0.15, 0.2) is 0 Å². The number of para-hydroxylation sites is 1. The van der Waals surface area contributed by atoms with E-state index >= 15 is 0 Å². The Morgan fingerprint density at radius 3 is 2.40 bits per heavy atom. The first kappa shape index (κ1) is 12.4. The number of carbonyl (C=O) groups excluding carboxylic acids is 1. The van der Waals surface area contributed by atoms with Crippen molar-refractivity contribution in [3.05, 3.63) is 65.7 Å². The fourth-order valence-electron chi connectivity index (χ4n) is 2.65. The van der Waals surface area contributed by atoms with Crippen LogP contribution in [0.25, 0.3) is 0 Å². The molecule has 0 saturated heterocycles. The molecule has 0 aliphatic carbocycles. The number of aliphatic carboxylic acids is 1. The van der Waals surface area contributed by atoms with Crippen LogP contribution in [0.4, 0.5) is 5.69 Å². The molecule has 0 bridgehead atoms. The number of carbonyl (C=O) groups is 2. The summed E-state index contributed by atoms with van der Waals surface area (Å²) in [6.07, 6.45) is -0.0996. The maximum absolute atomic E-state index is 12.5. The maximum Gasteiger partial charge on any atom is 0.305 e. The Hall–Kier alpha value is -2.62. The number of carboxylic acid groups (broad SMARTS) is 1. The third-order valence-electron chi connectivity index (χ3n) is 3.48. The molecule has 0 radical (unpaired) electrons. The summed E-state index contributed by atoms with van der Waals surface area (Å²) in [5, 5.41) is 9.11. The van der Waals surface area contributed by atoms with Crippen LogP contribution in [0.3, 0.4) is 0 Å². The Balaban J connectivity index is 2.10. The molecule has 1 heterocycles. The van der Waals surface area contributed by atoms with E-state index in [1.807, 2.05) is 42.5 Å². The minimum Gasteiger partial charge on any atom is -0.481 e. The van der Waals surface area contributed by atoms with Gasteiger partial charge >= 0.3 is 5.97 Å². The van der Waals surface area contributed by atoms with E-state index in [1.165, 1.54) is 0 Å². The predicted octanol–water partition coefficient (Wildman–Crippen LogP) is 2.86. The molecule has 1 aliphatic rings. The number of amides is 1. The number of benzene rings is 2. The van der Waals surface area contributed by atoms with E-state index in [9.17, 15) is 9.59 Å². The summed E-state index contributed by atoms with van der Waals surface area (Å²) in [5.41, 5.74) is 2.09. The molecule has 100 valence electrons. The van der Waals surface area contributed by atoms with Crippen LogP contribution in [0.2, 0.25) is 0 Å². The summed E-state index contributed by atoms with van der Waals surface area (Å²) in [5.74, 6) is -1.06. The van der Waals surface area contributed by atoms with E-state index < -0.39 is 12.0 Å². The molecule has 0 fully saturated rings. The van der Waals surface area contributed by atoms with Gasteiger partial charge in [-0.25, -0.2) is 0 Å². The lowest BCUT2D eigenvalue weighted by molar-refractivity contribution is -0.137. The van der Waals surface area contributed by atoms with E-state index in [4.69, 9.17) is 5.11 Å². The van der Waals surface area contributed by atoms with Crippen molar-refractivity contribution < 1.29 is 14.7 Å². The Kier molecular flexibility index (Phi) is 2.99. The summed E-state index contributed by atoms with van der Waals surface area (Å²) in [6, 6.07) is 15.9. The highest BCUT2D eigenvalue weighted by Crippen LogP contribution is 2.39. The first-order valence-corrected chi connectivity index (χ1v) is 6.38. The third-order valence-corrected chi connectivity index (χ3v) is 3.48. The molecule has 1 aliphatic heterocycles. The van der Waals surface area contributed by atoms with Gasteiger partial charge in [0.2, 0.25) is 0 Å². The van der Waals surface area contributed by atoms with Gasteiger partial charge < -0.3 is 10.0 Å². The van der Waals surface area contributed by atoms with Crippen molar-refractivity contribution in [2.75, 3.05) is 4.90 Å². The van der Waals surface area contributed by atoms with Gasteiger partial charge in [0, 0.05) is 11.3 Å². The van der Waals surface area contributed by atoms with Crippen LogP contribution >= 0.6 is 0 Å². The van der Waals surface area contributed by atoms with Crippen molar-refractivity contribution in [2.45, 2.75) is 12.5 Å². The zero-order chi connectivity index (χ0) is 14.1. The second-order valence-electron chi connectivity index (χ2n) is 4.71. The largest absolute Gasteiger partial charge is 0.481 e. The number of hydrogen-bond donors (Lipinski definition) is 1. The van der Waals surface area contributed by atoms with Crippen LogP contribution in [-0.2, 0) is 4.79 Å². The Morgan fingerprint density at radius 1 is 1.05 bits per heavy atom. The average molecular weight is 267 g/mol. The van der Waals surface area contributed by atoms with Crippen LogP contribution in [0.15, 0.2) is 54.6 Å². The van der Waals surface area contributed by atoms with E-state index in [-0.39, 0.29) is 12.3 Å². The number of hydrogen-bond acceptors (Lipinski definition) is 2. The molecule has 3 rings (SSSR count). The SMILES string of the molecule is O=C(O)C[C@H]1c2ccccc2C(=O)N1c1ccccc1. The minimum atomic E-state index is -0.916. The van der Waals surface area contributed by atoms with Crippen LogP contribution in [0.1, 0.15) is 28.4 Å². The van der Waals surface area contributed by atoms with Gasteiger partial charge in [-0.1, -0.05) is 36.4 Å². The number of carboxylic acids is 1. The Morgan fingerprint density at radius 2 is 1.70 bits per heavy atom. The summed E-state index contributed by atoms with van der Waals surface area (Å²) in [6.45, 7) is 0. The number of nitrogens with zero attached hydrogens (tertiary/aromatic N) is 1. The molecule has 0 unspecified atom stereocenters. The second-order valence-corrected chi connectivity index (χ2v) is 4.71. The minimum absolute atomic E-state index is 0.0996. The molecule has 1 N–H and O–H groups in total. The molecule has 0 aromatic heterocycles. The van der Waals surface area contributed by atoms with Crippen LogP contribution in [0, 0.1) is 0 Å². The molecule has 1 atom stereocenters. The molecule has 0 saturated carbocycles. The third kappa shape index (κ3) is 1.95. The molecule has 4 nitrogen and oxygen atoms in total. The number of anilines is 1. The molecule has 2 aromatic rings. The Bertz CT molecular complexity index is 666. The second kappa shape index (κ2) is 4.81. The Labute approximate surface area is 116 Å². The average Bonchev–Trinajstić information content (AvgIpc) is 2.73. The topological polar surface area (TPSA) is 57.6 Å². The van der Waals surface area contributed by atoms with E-state index in [0.717, 1.165) is 11.3 Å². The standard InChI is InChI=1S/C16H13NO3/c18-15(19)10-14-12-8-4-5-9-13(12)16(20)17(14)11-6-2-1-3-7-11/h1-9,14H,10H2,(H,18,19)/t14-/m0/s1. The van der Waals surface area contributed by atoms with Crippen molar-refractivity contribution in [3.8, 4) is 0 Å². The van der Waals surface area contributed by atoms with E-state index in [1.54, 1.807) is 17.0 Å². The molecule has 0 spiro atoms. The molecular formula is C16H13NO3. The fourth-order valence-corrected chi connectivity index (χ4v) is 2.65. The van der Waals surface area contributed by atoms with Crippen molar-refractivity contribution in [1.82, 2.24) is 0 Å². The lowest BCUT2D eigenvalue weighted by atomic mass is 10.0. The van der Waals surface area contributed by atoms with Gasteiger partial charge in [-0.2, -0.15) is 0 Å². The monoisotopic (exact) mass is 267 g/mol. The zero-order valence-electron chi connectivity index (χ0n) is 10.7. The van der Waals surface area contributed by atoms with E-state index in [2.05, 4.69) is 0 Å². The maximum atomic E-state index is 12.5. The highest BCUT2D eigenvalue weighted by Gasteiger charge is 2.38.